The van der Waals surface area contributed by atoms with Crippen molar-refractivity contribution >= 4 is 5.91 Å². The van der Waals surface area contributed by atoms with E-state index in [1.807, 2.05) is 23.1 Å². The Morgan fingerprint density at radius 2 is 1.88 bits per heavy atom. The van der Waals surface area contributed by atoms with Gasteiger partial charge < -0.3 is 18.8 Å². The molecule has 0 N–H and O–H groups in total. The van der Waals surface area contributed by atoms with Gasteiger partial charge in [-0.05, 0) is 42.7 Å². The zero-order valence-corrected chi connectivity index (χ0v) is 17.4. The smallest absolute Gasteiger partial charge is 0.223 e. The highest BCUT2D eigenvalue weighted by Gasteiger charge is 2.31. The molecule has 1 atom stereocenters. The van der Waals surface area contributed by atoms with Gasteiger partial charge >= 0.3 is 0 Å². The predicted molar refractivity (Wildman–Crippen MR) is 111 cm³/mol. The van der Waals surface area contributed by atoms with Crippen LogP contribution in [0.5, 0.6) is 11.5 Å². The molecule has 1 aromatic heterocycles. The zero-order chi connectivity index (χ0) is 22.1. The summed E-state index contributed by atoms with van der Waals surface area (Å²) in [6, 6.07) is 9.41. The summed E-state index contributed by atoms with van der Waals surface area (Å²) < 4.78 is 44.7. The number of oxazole rings is 1. The average molecular weight is 440 g/mol. The van der Waals surface area contributed by atoms with Crippen LogP contribution in [-0.4, -0.2) is 35.5 Å². The number of likely N-dealkylation sites (tertiary alicyclic amines) is 1. The number of amides is 1. The van der Waals surface area contributed by atoms with Crippen LogP contribution in [0.4, 0.5) is 8.78 Å². The third-order valence-corrected chi connectivity index (χ3v) is 5.84. The number of benzene rings is 2. The Kier molecular flexibility index (Phi) is 5.51. The van der Waals surface area contributed by atoms with Crippen LogP contribution in [0, 0.1) is 11.6 Å². The Balaban J connectivity index is 1.26. The van der Waals surface area contributed by atoms with Crippen LogP contribution in [-0.2, 0) is 11.2 Å². The van der Waals surface area contributed by atoms with Gasteiger partial charge in [-0.15, -0.1) is 0 Å². The van der Waals surface area contributed by atoms with Crippen molar-refractivity contribution in [3.63, 3.8) is 0 Å². The summed E-state index contributed by atoms with van der Waals surface area (Å²) in [6.07, 6.45) is 3.52. The molecule has 6 nitrogen and oxygen atoms in total. The van der Waals surface area contributed by atoms with E-state index in [1.165, 1.54) is 12.3 Å². The van der Waals surface area contributed by atoms with E-state index in [0.29, 0.717) is 25.5 Å². The summed E-state index contributed by atoms with van der Waals surface area (Å²) in [6.45, 7) is 1.72. The van der Waals surface area contributed by atoms with E-state index in [0.717, 1.165) is 36.3 Å². The first-order valence-corrected chi connectivity index (χ1v) is 10.7. The SMILES string of the molecule is O=C(CCc1ncc(-c2c(F)cccc2F)o1)N1CCC[C@H]1c1ccc2c(c1)OCCO2. The monoisotopic (exact) mass is 440 g/mol. The molecule has 5 rings (SSSR count). The first kappa shape index (κ1) is 20.5. The zero-order valence-electron chi connectivity index (χ0n) is 17.4. The van der Waals surface area contributed by atoms with Crippen molar-refractivity contribution in [2.45, 2.75) is 31.7 Å². The van der Waals surface area contributed by atoms with Gasteiger partial charge in [0.05, 0.1) is 17.8 Å². The van der Waals surface area contributed by atoms with Crippen molar-refractivity contribution in [2.75, 3.05) is 19.8 Å². The van der Waals surface area contributed by atoms with Crippen molar-refractivity contribution in [2.24, 2.45) is 0 Å². The third kappa shape index (κ3) is 3.92. The third-order valence-electron chi connectivity index (χ3n) is 5.84. The minimum Gasteiger partial charge on any atom is -0.486 e. The van der Waals surface area contributed by atoms with E-state index in [-0.39, 0.29) is 42.0 Å². The van der Waals surface area contributed by atoms with E-state index in [2.05, 4.69) is 4.98 Å². The molecule has 0 spiro atoms. The normalized spacial score (nSPS) is 17.6. The second kappa shape index (κ2) is 8.61. The summed E-state index contributed by atoms with van der Waals surface area (Å²) >= 11 is 0. The van der Waals surface area contributed by atoms with Crippen LogP contribution < -0.4 is 9.47 Å². The average Bonchev–Trinajstić information content (AvgIpc) is 3.47. The molecule has 1 saturated heterocycles. The van der Waals surface area contributed by atoms with E-state index in [4.69, 9.17) is 13.9 Å². The Hall–Kier alpha value is -3.42. The molecule has 0 radical (unpaired) electrons. The number of rotatable bonds is 5. The predicted octanol–water partition coefficient (Wildman–Crippen LogP) is 4.69. The molecule has 8 heteroatoms. The van der Waals surface area contributed by atoms with E-state index in [9.17, 15) is 13.6 Å². The van der Waals surface area contributed by atoms with Crippen molar-refractivity contribution < 1.29 is 27.5 Å². The van der Waals surface area contributed by atoms with Gasteiger partial charge in [-0.25, -0.2) is 13.8 Å². The minimum atomic E-state index is -0.719. The van der Waals surface area contributed by atoms with Crippen LogP contribution in [0.2, 0.25) is 0 Å². The van der Waals surface area contributed by atoms with Crippen LogP contribution in [0.1, 0.15) is 36.8 Å². The molecule has 3 aromatic rings. The van der Waals surface area contributed by atoms with E-state index < -0.39 is 11.6 Å². The lowest BCUT2D eigenvalue weighted by Crippen LogP contribution is -2.30. The summed E-state index contributed by atoms with van der Waals surface area (Å²) in [4.78, 5) is 18.9. The van der Waals surface area contributed by atoms with Gasteiger partial charge in [0.15, 0.2) is 23.1 Å². The fraction of sp³-hybridized carbons (Fsp3) is 0.333. The van der Waals surface area contributed by atoms with E-state index >= 15 is 0 Å². The van der Waals surface area contributed by atoms with Gasteiger partial charge in [-0.1, -0.05) is 12.1 Å². The quantitative estimate of drug-likeness (QED) is 0.576. The fourth-order valence-electron chi connectivity index (χ4n) is 4.31. The second-order valence-corrected chi connectivity index (χ2v) is 7.86. The number of aromatic nitrogens is 1. The number of carbonyl (C=O) groups is 1. The van der Waals surface area contributed by atoms with Crippen molar-refractivity contribution in [1.82, 2.24) is 9.88 Å². The Bertz CT molecular complexity index is 1130. The lowest BCUT2D eigenvalue weighted by molar-refractivity contribution is -0.132. The van der Waals surface area contributed by atoms with Crippen LogP contribution in [0.3, 0.4) is 0 Å². The molecule has 2 aliphatic heterocycles. The molecular weight excluding hydrogens is 418 g/mol. The maximum absolute atomic E-state index is 14.0. The van der Waals surface area contributed by atoms with Gasteiger partial charge in [0.1, 0.15) is 24.8 Å². The van der Waals surface area contributed by atoms with Gasteiger partial charge in [0, 0.05) is 19.4 Å². The molecule has 3 heterocycles. The maximum atomic E-state index is 14.0. The maximum Gasteiger partial charge on any atom is 0.223 e. The summed E-state index contributed by atoms with van der Waals surface area (Å²) in [5, 5.41) is 0. The molecule has 1 amide bonds. The number of fused-ring (bicyclic) bond motifs is 1. The summed E-state index contributed by atoms with van der Waals surface area (Å²) in [5.41, 5.74) is 0.768. The standard InChI is InChI=1S/C24H22F2N2O4/c25-16-3-1-4-17(26)24(16)21-14-27-22(32-21)8-9-23(29)28-10-2-5-18(28)15-6-7-19-20(13-15)31-12-11-30-19/h1,3-4,6-7,13-14,18H,2,5,8-12H2/t18-/m0/s1. The highest BCUT2D eigenvalue weighted by atomic mass is 19.1. The Labute approximate surface area is 183 Å². The van der Waals surface area contributed by atoms with Gasteiger partial charge in [0.25, 0.3) is 0 Å². The van der Waals surface area contributed by atoms with Gasteiger partial charge in [-0.2, -0.15) is 0 Å². The number of aryl methyl sites for hydroxylation is 1. The van der Waals surface area contributed by atoms with Crippen molar-refractivity contribution in [1.29, 1.82) is 0 Å². The molecule has 0 unspecified atom stereocenters. The molecule has 0 bridgehead atoms. The highest BCUT2D eigenvalue weighted by Crippen LogP contribution is 2.38. The molecule has 1 fully saturated rings. The first-order chi connectivity index (χ1) is 15.6. The molecule has 166 valence electrons. The van der Waals surface area contributed by atoms with E-state index in [1.54, 1.807) is 0 Å². The molecule has 32 heavy (non-hydrogen) atoms. The lowest BCUT2D eigenvalue weighted by atomic mass is 10.0. The number of ether oxygens (including phenoxy) is 2. The van der Waals surface area contributed by atoms with Crippen LogP contribution in [0.25, 0.3) is 11.3 Å². The van der Waals surface area contributed by atoms with Crippen LogP contribution >= 0.6 is 0 Å². The largest absolute Gasteiger partial charge is 0.486 e. The van der Waals surface area contributed by atoms with Crippen LogP contribution in [0.15, 0.2) is 47.0 Å². The first-order valence-electron chi connectivity index (χ1n) is 10.7. The number of nitrogens with zero attached hydrogens (tertiary/aromatic N) is 2. The molecule has 0 aliphatic carbocycles. The number of halogens is 2. The van der Waals surface area contributed by atoms with Gasteiger partial charge in [0.2, 0.25) is 5.91 Å². The van der Waals surface area contributed by atoms with Crippen molar-refractivity contribution in [3.8, 4) is 22.8 Å². The summed E-state index contributed by atoms with van der Waals surface area (Å²) in [7, 11) is 0. The lowest BCUT2D eigenvalue weighted by Gasteiger charge is -2.26. The van der Waals surface area contributed by atoms with Crippen molar-refractivity contribution in [3.05, 3.63) is 65.7 Å². The Morgan fingerprint density at radius 3 is 2.69 bits per heavy atom. The Morgan fingerprint density at radius 1 is 1.09 bits per heavy atom. The second-order valence-electron chi connectivity index (χ2n) is 7.86. The molecule has 0 saturated carbocycles. The fourth-order valence-corrected chi connectivity index (χ4v) is 4.31. The van der Waals surface area contributed by atoms with Gasteiger partial charge in [-0.3, -0.25) is 4.79 Å². The summed E-state index contributed by atoms with van der Waals surface area (Å²) in [5.74, 6) is 0.262. The topological polar surface area (TPSA) is 64.8 Å². The number of carbonyl (C=O) groups excluding carboxylic acids is 1. The minimum absolute atomic E-state index is 0.0124. The molecule has 2 aromatic carbocycles. The highest BCUT2D eigenvalue weighted by molar-refractivity contribution is 5.77. The molecule has 2 aliphatic rings. The number of hydrogen-bond donors (Lipinski definition) is 0. The number of hydrogen-bond acceptors (Lipinski definition) is 5. The molecular formula is C24H22F2N2O4.